The molecule has 0 unspecified atom stereocenters. The van der Waals surface area contributed by atoms with Crippen molar-refractivity contribution in [3.05, 3.63) is 0 Å². The number of rotatable bonds is 2. The lowest BCUT2D eigenvalue weighted by molar-refractivity contribution is -0.158. The number of ether oxygens (including phenoxy) is 2. The number of carbonyl (C=O) groups excluding carboxylic acids is 1. The zero-order valence-corrected chi connectivity index (χ0v) is 7.92. The summed E-state index contributed by atoms with van der Waals surface area (Å²) in [4.78, 5) is 11.2. The highest BCUT2D eigenvalue weighted by Gasteiger charge is 2.36. The largest absolute Gasteiger partial charge is 0.464 e. The monoisotopic (exact) mass is 172 g/mol. The molecule has 0 aromatic rings. The second-order valence-corrected chi connectivity index (χ2v) is 3.66. The van der Waals surface area contributed by atoms with Gasteiger partial charge in [-0.25, -0.2) is 4.79 Å². The summed E-state index contributed by atoms with van der Waals surface area (Å²) in [5, 5.41) is 0. The van der Waals surface area contributed by atoms with Crippen LogP contribution in [0, 0.1) is 0 Å². The van der Waals surface area contributed by atoms with Gasteiger partial charge in [0, 0.05) is 0 Å². The molecule has 0 N–H and O–H groups in total. The van der Waals surface area contributed by atoms with E-state index in [0.29, 0.717) is 6.61 Å². The quantitative estimate of drug-likeness (QED) is 0.592. The molecule has 1 aliphatic heterocycles. The van der Waals surface area contributed by atoms with Gasteiger partial charge in [-0.15, -0.1) is 0 Å². The minimum absolute atomic E-state index is 0.155. The fourth-order valence-electron chi connectivity index (χ4n) is 1.38. The van der Waals surface area contributed by atoms with E-state index in [1.165, 1.54) is 0 Å². The molecule has 0 aliphatic carbocycles. The number of esters is 1. The van der Waals surface area contributed by atoms with Crippen molar-refractivity contribution in [1.82, 2.24) is 0 Å². The Morgan fingerprint density at radius 1 is 1.67 bits per heavy atom. The molecular formula is C9H16O3. The maximum atomic E-state index is 11.2. The number of carbonyl (C=O) groups is 1. The van der Waals surface area contributed by atoms with Crippen molar-refractivity contribution in [3.8, 4) is 0 Å². The van der Waals surface area contributed by atoms with E-state index < -0.39 is 0 Å². The minimum atomic E-state index is -0.333. The molecule has 0 radical (unpaired) electrons. The molecule has 70 valence electrons. The smallest absolute Gasteiger partial charge is 0.335 e. The Labute approximate surface area is 73.0 Å². The lowest BCUT2D eigenvalue weighted by Gasteiger charge is -2.17. The molecule has 0 aromatic heterocycles. The SMILES string of the molecule is CCOC(=O)[C@@H]1CCC(C)(C)O1. The molecule has 0 aromatic carbocycles. The van der Waals surface area contributed by atoms with Gasteiger partial charge >= 0.3 is 5.97 Å². The normalized spacial score (nSPS) is 27.1. The molecule has 0 amide bonds. The first-order chi connectivity index (χ1) is 5.55. The molecule has 1 atom stereocenters. The molecule has 3 nitrogen and oxygen atoms in total. The first kappa shape index (κ1) is 9.52. The van der Waals surface area contributed by atoms with Gasteiger partial charge in [0.25, 0.3) is 0 Å². The van der Waals surface area contributed by atoms with E-state index in [1.807, 2.05) is 13.8 Å². The van der Waals surface area contributed by atoms with Gasteiger partial charge < -0.3 is 9.47 Å². The van der Waals surface area contributed by atoms with Crippen LogP contribution >= 0.6 is 0 Å². The van der Waals surface area contributed by atoms with Crippen molar-refractivity contribution in [3.63, 3.8) is 0 Å². The van der Waals surface area contributed by atoms with E-state index >= 15 is 0 Å². The molecule has 1 aliphatic rings. The molecule has 1 heterocycles. The predicted octanol–water partition coefficient (Wildman–Crippen LogP) is 1.51. The molecule has 3 heteroatoms. The third-order valence-electron chi connectivity index (χ3n) is 2.02. The molecule has 1 rings (SSSR count). The van der Waals surface area contributed by atoms with Gasteiger partial charge in [-0.2, -0.15) is 0 Å². The van der Waals surface area contributed by atoms with Crippen LogP contribution in [0.25, 0.3) is 0 Å². The van der Waals surface area contributed by atoms with E-state index in [9.17, 15) is 4.79 Å². The Morgan fingerprint density at radius 2 is 2.33 bits per heavy atom. The summed E-state index contributed by atoms with van der Waals surface area (Å²) in [6, 6.07) is 0. The van der Waals surface area contributed by atoms with Crippen LogP contribution in [0.3, 0.4) is 0 Å². The second-order valence-electron chi connectivity index (χ2n) is 3.66. The van der Waals surface area contributed by atoms with E-state index in [4.69, 9.17) is 9.47 Å². The number of hydrogen-bond donors (Lipinski definition) is 0. The lowest BCUT2D eigenvalue weighted by Crippen LogP contribution is -2.27. The molecule has 12 heavy (non-hydrogen) atoms. The van der Waals surface area contributed by atoms with Crippen molar-refractivity contribution < 1.29 is 14.3 Å². The van der Waals surface area contributed by atoms with Crippen molar-refractivity contribution in [1.29, 1.82) is 0 Å². The van der Waals surface area contributed by atoms with Crippen molar-refractivity contribution in [2.45, 2.75) is 45.3 Å². The minimum Gasteiger partial charge on any atom is -0.464 e. The van der Waals surface area contributed by atoms with Gasteiger partial charge in [-0.1, -0.05) is 0 Å². The fraction of sp³-hybridized carbons (Fsp3) is 0.889. The summed E-state index contributed by atoms with van der Waals surface area (Å²) in [6.45, 7) is 6.22. The summed E-state index contributed by atoms with van der Waals surface area (Å²) in [6.07, 6.45) is 1.38. The average Bonchev–Trinajstić information content (AvgIpc) is 2.31. The first-order valence-electron chi connectivity index (χ1n) is 4.39. The van der Waals surface area contributed by atoms with Gasteiger partial charge in [-0.05, 0) is 33.6 Å². The van der Waals surface area contributed by atoms with Crippen LogP contribution < -0.4 is 0 Å². The Hall–Kier alpha value is -0.570. The van der Waals surface area contributed by atoms with E-state index in [2.05, 4.69) is 0 Å². The Bertz CT molecular complexity index is 175. The van der Waals surface area contributed by atoms with Gasteiger partial charge in [0.15, 0.2) is 6.10 Å². The molecule has 1 saturated heterocycles. The summed E-state index contributed by atoms with van der Waals surface area (Å²) in [7, 11) is 0. The van der Waals surface area contributed by atoms with E-state index in [1.54, 1.807) is 6.92 Å². The molecular weight excluding hydrogens is 156 g/mol. The summed E-state index contributed by atoms with van der Waals surface area (Å²) < 4.78 is 10.3. The van der Waals surface area contributed by atoms with Crippen LogP contribution in [0.4, 0.5) is 0 Å². The van der Waals surface area contributed by atoms with E-state index in [0.717, 1.165) is 12.8 Å². The van der Waals surface area contributed by atoms with Gasteiger partial charge in [0.2, 0.25) is 0 Å². The van der Waals surface area contributed by atoms with Crippen LogP contribution in [0.15, 0.2) is 0 Å². The topological polar surface area (TPSA) is 35.5 Å². The van der Waals surface area contributed by atoms with Gasteiger partial charge in [-0.3, -0.25) is 0 Å². The summed E-state index contributed by atoms with van der Waals surface area (Å²) >= 11 is 0. The Balaban J connectivity index is 2.41. The zero-order valence-electron chi connectivity index (χ0n) is 7.92. The highest BCUT2D eigenvalue weighted by Crippen LogP contribution is 2.29. The van der Waals surface area contributed by atoms with Crippen LogP contribution in [0.1, 0.15) is 33.6 Å². The Morgan fingerprint density at radius 3 is 2.75 bits per heavy atom. The molecule has 1 fully saturated rings. The van der Waals surface area contributed by atoms with Crippen molar-refractivity contribution in [2.75, 3.05) is 6.61 Å². The second kappa shape index (κ2) is 3.44. The summed E-state index contributed by atoms with van der Waals surface area (Å²) in [5.41, 5.74) is -0.155. The van der Waals surface area contributed by atoms with Gasteiger partial charge in [0.1, 0.15) is 0 Å². The fourth-order valence-corrected chi connectivity index (χ4v) is 1.38. The van der Waals surface area contributed by atoms with Crippen LogP contribution in [0.5, 0.6) is 0 Å². The molecule has 0 spiro atoms. The number of hydrogen-bond acceptors (Lipinski definition) is 3. The third kappa shape index (κ3) is 2.21. The van der Waals surface area contributed by atoms with Crippen LogP contribution in [-0.4, -0.2) is 24.3 Å². The van der Waals surface area contributed by atoms with Gasteiger partial charge in [0.05, 0.1) is 12.2 Å². The van der Waals surface area contributed by atoms with Crippen LogP contribution in [-0.2, 0) is 14.3 Å². The molecule has 0 bridgehead atoms. The molecule has 0 saturated carbocycles. The zero-order chi connectivity index (χ0) is 9.19. The van der Waals surface area contributed by atoms with Crippen LogP contribution in [0.2, 0.25) is 0 Å². The maximum Gasteiger partial charge on any atom is 0.335 e. The third-order valence-corrected chi connectivity index (χ3v) is 2.02. The maximum absolute atomic E-state index is 11.2. The lowest BCUT2D eigenvalue weighted by atomic mass is 10.1. The first-order valence-corrected chi connectivity index (χ1v) is 4.39. The highest BCUT2D eigenvalue weighted by molar-refractivity contribution is 5.75. The Kier molecular flexibility index (Phi) is 2.73. The van der Waals surface area contributed by atoms with E-state index in [-0.39, 0.29) is 17.7 Å². The summed E-state index contributed by atoms with van der Waals surface area (Å²) in [5.74, 6) is -0.219. The van der Waals surface area contributed by atoms with Crippen molar-refractivity contribution in [2.24, 2.45) is 0 Å². The standard InChI is InChI=1S/C9H16O3/c1-4-11-8(10)7-5-6-9(2,3)12-7/h7H,4-6H2,1-3H3/t7-/m0/s1. The van der Waals surface area contributed by atoms with Crippen molar-refractivity contribution >= 4 is 5.97 Å². The average molecular weight is 172 g/mol. The predicted molar refractivity (Wildman–Crippen MR) is 44.8 cm³/mol. The highest BCUT2D eigenvalue weighted by atomic mass is 16.6.